The van der Waals surface area contributed by atoms with E-state index in [1.807, 2.05) is 44.2 Å². The zero-order valence-corrected chi connectivity index (χ0v) is 10.5. The molecule has 2 nitrogen and oxygen atoms in total. The van der Waals surface area contributed by atoms with E-state index < -0.39 is 0 Å². The predicted octanol–water partition coefficient (Wildman–Crippen LogP) is 2.92. The second-order valence-electron chi connectivity index (χ2n) is 3.88. The summed E-state index contributed by atoms with van der Waals surface area (Å²) in [5.41, 5.74) is 1.03. The summed E-state index contributed by atoms with van der Waals surface area (Å²) >= 11 is 5.95. The average molecular weight is 240 g/mol. The molecule has 0 saturated carbocycles. The van der Waals surface area contributed by atoms with Gasteiger partial charge in [-0.3, -0.25) is 4.79 Å². The van der Waals surface area contributed by atoms with Crippen molar-refractivity contribution < 1.29 is 4.79 Å². The van der Waals surface area contributed by atoms with E-state index in [9.17, 15) is 4.79 Å². The quantitative estimate of drug-likeness (QED) is 0.787. The maximum absolute atomic E-state index is 11.8. The normalized spacial score (nSPS) is 14.2. The highest BCUT2D eigenvalue weighted by atomic mass is 35.5. The lowest BCUT2D eigenvalue weighted by molar-refractivity contribution is -0.122. The number of carbonyl (C=O) groups excluding carboxylic acids is 1. The number of alkyl halides is 1. The zero-order valence-electron chi connectivity index (χ0n) is 9.74. The molecule has 0 radical (unpaired) electrons. The van der Waals surface area contributed by atoms with Gasteiger partial charge in [-0.2, -0.15) is 0 Å². The molecule has 0 saturated heterocycles. The number of rotatable bonds is 5. The van der Waals surface area contributed by atoms with Crippen molar-refractivity contribution in [2.45, 2.75) is 31.6 Å². The van der Waals surface area contributed by atoms with Gasteiger partial charge in [-0.1, -0.05) is 37.3 Å². The second-order valence-corrected chi connectivity index (χ2v) is 4.50. The molecule has 88 valence electrons. The van der Waals surface area contributed by atoms with E-state index in [0.29, 0.717) is 6.54 Å². The second kappa shape index (κ2) is 6.54. The van der Waals surface area contributed by atoms with Crippen LogP contribution in [0.2, 0.25) is 0 Å². The molecule has 2 atom stereocenters. The van der Waals surface area contributed by atoms with Gasteiger partial charge in [0.25, 0.3) is 0 Å². The molecule has 1 aromatic carbocycles. The molecule has 2 unspecified atom stereocenters. The molecular weight excluding hydrogens is 222 g/mol. The molecule has 0 heterocycles. The van der Waals surface area contributed by atoms with Crippen LogP contribution in [0.4, 0.5) is 0 Å². The largest absolute Gasteiger partial charge is 0.354 e. The fourth-order valence-corrected chi connectivity index (χ4v) is 1.48. The Morgan fingerprint density at radius 2 is 2.00 bits per heavy atom. The van der Waals surface area contributed by atoms with E-state index in [1.54, 1.807) is 0 Å². The molecular formula is C13H18ClNO. The maximum Gasteiger partial charge on any atom is 0.227 e. The molecule has 0 aromatic heterocycles. The number of benzene rings is 1. The van der Waals surface area contributed by atoms with Gasteiger partial charge in [-0.25, -0.2) is 0 Å². The molecule has 3 heteroatoms. The first-order valence-electron chi connectivity index (χ1n) is 5.61. The van der Waals surface area contributed by atoms with Crippen molar-refractivity contribution >= 4 is 17.5 Å². The highest BCUT2D eigenvalue weighted by molar-refractivity contribution is 6.20. The fourth-order valence-electron chi connectivity index (χ4n) is 1.40. The van der Waals surface area contributed by atoms with Gasteiger partial charge < -0.3 is 5.32 Å². The zero-order chi connectivity index (χ0) is 12.0. The maximum atomic E-state index is 11.8. The van der Waals surface area contributed by atoms with Crippen molar-refractivity contribution in [3.63, 3.8) is 0 Å². The number of halogens is 1. The van der Waals surface area contributed by atoms with Gasteiger partial charge in [0, 0.05) is 6.54 Å². The van der Waals surface area contributed by atoms with Gasteiger partial charge in [0.2, 0.25) is 5.91 Å². The third-order valence-electron chi connectivity index (χ3n) is 2.63. The van der Waals surface area contributed by atoms with Crippen molar-refractivity contribution in [3.8, 4) is 0 Å². The van der Waals surface area contributed by atoms with Crippen LogP contribution in [-0.4, -0.2) is 17.8 Å². The average Bonchev–Trinajstić information content (AvgIpc) is 2.35. The van der Waals surface area contributed by atoms with E-state index in [-0.39, 0.29) is 17.2 Å². The van der Waals surface area contributed by atoms with Gasteiger partial charge in [-0.05, 0) is 18.9 Å². The van der Waals surface area contributed by atoms with Crippen LogP contribution < -0.4 is 5.32 Å². The Kier molecular flexibility index (Phi) is 5.33. The number of amides is 1. The van der Waals surface area contributed by atoms with E-state index in [4.69, 9.17) is 11.6 Å². The van der Waals surface area contributed by atoms with Gasteiger partial charge in [0.1, 0.15) is 0 Å². The third kappa shape index (κ3) is 3.86. The summed E-state index contributed by atoms with van der Waals surface area (Å²) < 4.78 is 0. The van der Waals surface area contributed by atoms with E-state index in [2.05, 4.69) is 5.32 Å². The first-order valence-corrected chi connectivity index (χ1v) is 6.05. The van der Waals surface area contributed by atoms with Crippen molar-refractivity contribution in [1.82, 2.24) is 5.32 Å². The Balaban J connectivity index is 2.49. The highest BCUT2D eigenvalue weighted by Gasteiger charge is 2.15. The number of carbonyl (C=O) groups is 1. The lowest BCUT2D eigenvalue weighted by Crippen LogP contribution is -2.32. The third-order valence-corrected chi connectivity index (χ3v) is 3.10. The molecule has 0 spiro atoms. The Hall–Kier alpha value is -1.02. The molecule has 1 rings (SSSR count). The first-order chi connectivity index (χ1) is 7.65. The van der Waals surface area contributed by atoms with Gasteiger partial charge in [-0.15, -0.1) is 11.6 Å². The van der Waals surface area contributed by atoms with E-state index in [0.717, 1.165) is 12.0 Å². The number of hydrogen-bond acceptors (Lipinski definition) is 1. The molecule has 0 aliphatic carbocycles. The van der Waals surface area contributed by atoms with Crippen LogP contribution in [0.5, 0.6) is 0 Å². The standard InChI is InChI=1S/C13H18ClNO/c1-3-12(14)9-15-13(16)10(2)11-7-5-4-6-8-11/h4-8,10,12H,3,9H2,1-2H3,(H,15,16). The van der Waals surface area contributed by atoms with E-state index >= 15 is 0 Å². The molecule has 0 bridgehead atoms. The monoisotopic (exact) mass is 239 g/mol. The van der Waals surface area contributed by atoms with Crippen LogP contribution in [0.25, 0.3) is 0 Å². The highest BCUT2D eigenvalue weighted by Crippen LogP contribution is 2.14. The topological polar surface area (TPSA) is 29.1 Å². The Bertz CT molecular complexity index is 326. The van der Waals surface area contributed by atoms with Crippen LogP contribution in [0.15, 0.2) is 30.3 Å². The molecule has 1 aromatic rings. The van der Waals surface area contributed by atoms with Crippen LogP contribution in [0.3, 0.4) is 0 Å². The Morgan fingerprint density at radius 1 is 1.38 bits per heavy atom. The summed E-state index contributed by atoms with van der Waals surface area (Å²) in [6.07, 6.45) is 0.863. The van der Waals surface area contributed by atoms with Gasteiger partial charge in [0.05, 0.1) is 11.3 Å². The summed E-state index contributed by atoms with van der Waals surface area (Å²) in [7, 11) is 0. The van der Waals surface area contributed by atoms with Crippen molar-refractivity contribution in [2.75, 3.05) is 6.54 Å². The SMILES string of the molecule is CCC(Cl)CNC(=O)C(C)c1ccccc1. The predicted molar refractivity (Wildman–Crippen MR) is 67.8 cm³/mol. The summed E-state index contributed by atoms with van der Waals surface area (Å²) in [6, 6.07) is 9.75. The number of nitrogens with one attached hydrogen (secondary N) is 1. The van der Waals surface area contributed by atoms with Crippen molar-refractivity contribution in [3.05, 3.63) is 35.9 Å². The molecule has 0 aliphatic rings. The Labute approximate surface area is 102 Å². The van der Waals surface area contributed by atoms with Gasteiger partial charge in [0.15, 0.2) is 0 Å². The fraction of sp³-hybridized carbons (Fsp3) is 0.462. The Morgan fingerprint density at radius 3 is 2.56 bits per heavy atom. The molecule has 0 fully saturated rings. The van der Waals surface area contributed by atoms with E-state index in [1.165, 1.54) is 0 Å². The summed E-state index contributed by atoms with van der Waals surface area (Å²) in [5.74, 6) is -0.0905. The van der Waals surface area contributed by atoms with Crippen LogP contribution >= 0.6 is 11.6 Å². The van der Waals surface area contributed by atoms with Crippen molar-refractivity contribution in [2.24, 2.45) is 0 Å². The van der Waals surface area contributed by atoms with Crippen LogP contribution in [0.1, 0.15) is 31.7 Å². The van der Waals surface area contributed by atoms with Gasteiger partial charge >= 0.3 is 0 Å². The van der Waals surface area contributed by atoms with Crippen LogP contribution in [0, 0.1) is 0 Å². The summed E-state index contributed by atoms with van der Waals surface area (Å²) in [6.45, 7) is 4.44. The first kappa shape index (κ1) is 13.0. The molecule has 16 heavy (non-hydrogen) atoms. The summed E-state index contributed by atoms with van der Waals surface area (Å²) in [5, 5.41) is 2.88. The molecule has 1 N–H and O–H groups in total. The smallest absolute Gasteiger partial charge is 0.227 e. The van der Waals surface area contributed by atoms with Crippen molar-refractivity contribution in [1.29, 1.82) is 0 Å². The lowest BCUT2D eigenvalue weighted by Gasteiger charge is -2.14. The summed E-state index contributed by atoms with van der Waals surface area (Å²) in [4.78, 5) is 11.8. The minimum Gasteiger partial charge on any atom is -0.354 e. The minimum atomic E-state index is -0.123. The van der Waals surface area contributed by atoms with Crippen LogP contribution in [-0.2, 0) is 4.79 Å². The lowest BCUT2D eigenvalue weighted by atomic mass is 10.0. The minimum absolute atomic E-state index is 0.0203. The molecule has 1 amide bonds. The number of hydrogen-bond donors (Lipinski definition) is 1. The molecule has 0 aliphatic heterocycles.